The van der Waals surface area contributed by atoms with Crippen molar-refractivity contribution in [2.45, 2.75) is 64.8 Å². The number of hydrogen-bond donors (Lipinski definition) is 4. The van der Waals surface area contributed by atoms with E-state index in [1.165, 1.54) is 0 Å². The molecule has 0 aliphatic heterocycles. The van der Waals surface area contributed by atoms with Crippen LogP contribution in [-0.4, -0.2) is 47.4 Å². The van der Waals surface area contributed by atoms with Gasteiger partial charge in [-0.2, -0.15) is 0 Å². The number of nitrogens with one attached hydrogen (secondary N) is 3. The first-order valence-electron chi connectivity index (χ1n) is 12.5. The number of ketones is 1. The lowest BCUT2D eigenvalue weighted by Gasteiger charge is -2.23. The third-order valence-corrected chi connectivity index (χ3v) is 5.60. The van der Waals surface area contributed by atoms with Gasteiger partial charge in [-0.3, -0.25) is 14.4 Å². The van der Waals surface area contributed by atoms with Crippen LogP contribution in [-0.2, 0) is 25.7 Å². The minimum absolute atomic E-state index is 0.0502. The van der Waals surface area contributed by atoms with Crippen LogP contribution < -0.4 is 16.0 Å². The summed E-state index contributed by atoms with van der Waals surface area (Å²) in [6, 6.07) is 15.9. The second kappa shape index (κ2) is 15.4. The fourth-order valence-corrected chi connectivity index (χ4v) is 3.67. The molecule has 9 heteroatoms. The van der Waals surface area contributed by atoms with Crippen molar-refractivity contribution in [1.29, 1.82) is 0 Å². The Morgan fingerprint density at radius 3 is 2.11 bits per heavy atom. The van der Waals surface area contributed by atoms with Crippen molar-refractivity contribution >= 4 is 23.7 Å². The van der Waals surface area contributed by atoms with Crippen LogP contribution in [0.5, 0.6) is 0 Å². The molecule has 2 aromatic carbocycles. The lowest BCUT2D eigenvalue weighted by molar-refractivity contribution is -0.140. The molecule has 2 rings (SSSR count). The maximum atomic E-state index is 13.0. The summed E-state index contributed by atoms with van der Waals surface area (Å²) in [7, 11) is 0. The van der Waals surface area contributed by atoms with Gasteiger partial charge in [0, 0.05) is 6.54 Å². The van der Waals surface area contributed by atoms with E-state index < -0.39 is 41.9 Å². The molecule has 0 saturated carbocycles. The second-order valence-corrected chi connectivity index (χ2v) is 9.24. The number of carbonyl (C=O) groups excluding carboxylic acids is 4. The molecule has 0 spiro atoms. The number of ether oxygens (including phenoxy) is 1. The number of rotatable bonds is 14. The molecule has 0 radical (unpaired) electrons. The van der Waals surface area contributed by atoms with Crippen LogP contribution in [0, 0.1) is 5.92 Å². The number of Topliss-reactive ketones (excluding diaryl/α,β-unsaturated/α-hetero) is 1. The minimum atomic E-state index is -1.07. The van der Waals surface area contributed by atoms with E-state index in [0.717, 1.165) is 5.56 Å². The standard InChI is InChI=1S/C28H37N3O6/c1-4-11-22(25(33)27(35)29-17-24(32)21-14-9-6-10-15-21)30-26(34)23(16-19(2)3)31-28(36)37-18-20-12-7-5-8-13-20/h5-10,12-15,19,22-24,32H,4,11,16-18H2,1-3H3,(H,29,35)(H,30,34)(H,31,36). The van der Waals surface area contributed by atoms with Gasteiger partial charge >= 0.3 is 6.09 Å². The van der Waals surface area contributed by atoms with Crippen LogP contribution in [0.1, 0.15) is 57.3 Å². The molecule has 0 bridgehead atoms. The molecule has 3 unspecified atom stereocenters. The van der Waals surface area contributed by atoms with Gasteiger partial charge in [-0.05, 0) is 29.9 Å². The van der Waals surface area contributed by atoms with Crippen LogP contribution >= 0.6 is 0 Å². The molecule has 37 heavy (non-hydrogen) atoms. The monoisotopic (exact) mass is 511 g/mol. The lowest BCUT2D eigenvalue weighted by Crippen LogP contribution is -2.54. The molecule has 0 aliphatic carbocycles. The lowest BCUT2D eigenvalue weighted by atomic mass is 10.0. The zero-order valence-corrected chi connectivity index (χ0v) is 21.6. The fourth-order valence-electron chi connectivity index (χ4n) is 3.67. The Labute approximate surface area is 218 Å². The predicted molar refractivity (Wildman–Crippen MR) is 139 cm³/mol. The van der Waals surface area contributed by atoms with Gasteiger partial charge in [0.15, 0.2) is 0 Å². The Hall–Kier alpha value is -3.72. The summed E-state index contributed by atoms with van der Waals surface area (Å²) in [5.41, 5.74) is 1.41. The average molecular weight is 512 g/mol. The van der Waals surface area contributed by atoms with E-state index in [9.17, 15) is 24.3 Å². The highest BCUT2D eigenvalue weighted by Gasteiger charge is 2.30. The third-order valence-electron chi connectivity index (χ3n) is 5.60. The molecule has 0 aliphatic rings. The van der Waals surface area contributed by atoms with Gasteiger partial charge in [-0.15, -0.1) is 0 Å². The summed E-state index contributed by atoms with van der Waals surface area (Å²) in [5, 5.41) is 17.9. The smallest absolute Gasteiger partial charge is 0.408 e. The molecule has 0 aromatic heterocycles. The highest BCUT2D eigenvalue weighted by molar-refractivity contribution is 6.38. The van der Waals surface area contributed by atoms with Crippen molar-refractivity contribution in [2.24, 2.45) is 5.92 Å². The highest BCUT2D eigenvalue weighted by atomic mass is 16.5. The summed E-state index contributed by atoms with van der Waals surface area (Å²) in [6.45, 7) is 5.53. The van der Waals surface area contributed by atoms with Crippen molar-refractivity contribution in [3.63, 3.8) is 0 Å². The SMILES string of the molecule is CCCC(NC(=O)C(CC(C)C)NC(=O)OCc1ccccc1)C(=O)C(=O)NCC(O)c1ccccc1. The van der Waals surface area contributed by atoms with E-state index >= 15 is 0 Å². The second-order valence-electron chi connectivity index (χ2n) is 9.24. The number of alkyl carbamates (subject to hydrolysis) is 1. The number of benzene rings is 2. The Morgan fingerprint density at radius 1 is 0.892 bits per heavy atom. The quantitative estimate of drug-likeness (QED) is 0.288. The van der Waals surface area contributed by atoms with Crippen LogP contribution in [0.4, 0.5) is 4.79 Å². The zero-order chi connectivity index (χ0) is 27.2. The number of hydrogen-bond acceptors (Lipinski definition) is 6. The van der Waals surface area contributed by atoms with E-state index in [0.29, 0.717) is 18.4 Å². The number of amides is 3. The molecule has 0 saturated heterocycles. The number of aliphatic hydroxyl groups excluding tert-OH is 1. The van der Waals surface area contributed by atoms with Crippen molar-refractivity contribution in [2.75, 3.05) is 6.54 Å². The van der Waals surface area contributed by atoms with E-state index in [1.807, 2.05) is 51.1 Å². The first kappa shape index (κ1) is 29.5. The molecule has 0 fully saturated rings. The highest BCUT2D eigenvalue weighted by Crippen LogP contribution is 2.11. The summed E-state index contributed by atoms with van der Waals surface area (Å²) >= 11 is 0. The summed E-state index contributed by atoms with van der Waals surface area (Å²) in [6.07, 6.45) is -0.631. The molecule has 3 amide bonds. The normalized spacial score (nSPS) is 13.2. The van der Waals surface area contributed by atoms with Crippen molar-refractivity contribution in [3.05, 3.63) is 71.8 Å². The Balaban J connectivity index is 1.96. The van der Waals surface area contributed by atoms with Gasteiger partial charge in [0.1, 0.15) is 12.6 Å². The van der Waals surface area contributed by atoms with Crippen LogP contribution in [0.25, 0.3) is 0 Å². The largest absolute Gasteiger partial charge is 0.445 e. The van der Waals surface area contributed by atoms with Crippen LogP contribution in [0.15, 0.2) is 60.7 Å². The van der Waals surface area contributed by atoms with E-state index in [4.69, 9.17) is 4.74 Å². The number of carbonyl (C=O) groups is 4. The van der Waals surface area contributed by atoms with Crippen molar-refractivity contribution in [1.82, 2.24) is 16.0 Å². The predicted octanol–water partition coefficient (Wildman–Crippen LogP) is 3.03. The zero-order valence-electron chi connectivity index (χ0n) is 21.6. The van der Waals surface area contributed by atoms with Gasteiger partial charge < -0.3 is 25.8 Å². The van der Waals surface area contributed by atoms with E-state index in [1.54, 1.807) is 30.3 Å². The van der Waals surface area contributed by atoms with Crippen molar-refractivity contribution < 1.29 is 29.0 Å². The first-order valence-corrected chi connectivity index (χ1v) is 12.5. The molecule has 3 atom stereocenters. The van der Waals surface area contributed by atoms with E-state index in [-0.39, 0.29) is 25.5 Å². The average Bonchev–Trinajstić information content (AvgIpc) is 2.90. The topological polar surface area (TPSA) is 134 Å². The third kappa shape index (κ3) is 10.4. The first-order chi connectivity index (χ1) is 17.7. The maximum Gasteiger partial charge on any atom is 0.408 e. The van der Waals surface area contributed by atoms with E-state index in [2.05, 4.69) is 16.0 Å². The van der Waals surface area contributed by atoms with Gasteiger partial charge in [0.2, 0.25) is 11.7 Å². The number of aliphatic hydroxyl groups is 1. The molecular weight excluding hydrogens is 474 g/mol. The minimum Gasteiger partial charge on any atom is -0.445 e. The van der Waals surface area contributed by atoms with Gasteiger partial charge in [-0.25, -0.2) is 4.79 Å². The Kier molecular flexibility index (Phi) is 12.3. The van der Waals surface area contributed by atoms with Crippen LogP contribution in [0.3, 0.4) is 0 Å². The molecular formula is C28H37N3O6. The Bertz CT molecular complexity index is 1010. The molecule has 4 N–H and O–H groups in total. The summed E-state index contributed by atoms with van der Waals surface area (Å²) in [5.74, 6) is -2.22. The van der Waals surface area contributed by atoms with Gasteiger partial charge in [0.05, 0.1) is 12.1 Å². The summed E-state index contributed by atoms with van der Waals surface area (Å²) < 4.78 is 5.23. The van der Waals surface area contributed by atoms with Crippen LogP contribution in [0.2, 0.25) is 0 Å². The molecule has 0 heterocycles. The Morgan fingerprint density at radius 2 is 1.51 bits per heavy atom. The van der Waals surface area contributed by atoms with Gasteiger partial charge in [-0.1, -0.05) is 87.9 Å². The molecule has 2 aromatic rings. The fraction of sp³-hybridized carbons (Fsp3) is 0.429. The van der Waals surface area contributed by atoms with Crippen molar-refractivity contribution in [3.8, 4) is 0 Å². The summed E-state index contributed by atoms with van der Waals surface area (Å²) in [4.78, 5) is 50.7. The van der Waals surface area contributed by atoms with Gasteiger partial charge in [0.25, 0.3) is 5.91 Å². The molecule has 9 nitrogen and oxygen atoms in total. The molecule has 200 valence electrons. The maximum absolute atomic E-state index is 13.0.